The Morgan fingerprint density at radius 2 is 0.625 bits per heavy atom. The first-order valence-corrected chi connectivity index (χ1v) is 1.00. The van der Waals surface area contributed by atoms with Gasteiger partial charge in [-0.1, -0.05) is 0 Å². The van der Waals surface area contributed by atoms with Crippen molar-refractivity contribution in [1.82, 2.24) is 6.15 Å². The van der Waals surface area contributed by atoms with Crippen LogP contribution in [0.2, 0.25) is 0 Å². The molecule has 8 heteroatoms. The van der Waals surface area contributed by atoms with Crippen molar-refractivity contribution in [2.24, 2.45) is 16.9 Å². The molecule has 0 spiro atoms. The molecule has 0 aromatic rings. The van der Waals surface area contributed by atoms with Crippen molar-refractivity contribution in [3.63, 3.8) is 0 Å². The van der Waals surface area contributed by atoms with E-state index in [-0.39, 0.29) is 23.5 Å². The van der Waals surface area contributed by atoms with Crippen LogP contribution < -0.4 is 23.1 Å². The van der Waals surface area contributed by atoms with Crippen LogP contribution >= 0.6 is 0 Å². The van der Waals surface area contributed by atoms with Gasteiger partial charge in [0.05, 0.1) is 0 Å². The summed E-state index contributed by atoms with van der Waals surface area (Å²) in [4.78, 5) is 0. The molecule has 0 amide bonds. The van der Waals surface area contributed by atoms with E-state index in [9.17, 15) is 0 Å². The summed E-state index contributed by atoms with van der Waals surface area (Å²) in [5.74, 6) is 0. The molecule has 0 saturated heterocycles. The molecule has 0 heterocycles. The molecule has 0 aromatic heterocycles. The van der Waals surface area contributed by atoms with Crippen LogP contribution in [0.1, 0.15) is 0 Å². The fraction of sp³-hybridized carbons (Fsp3) is 0. The van der Waals surface area contributed by atoms with Crippen LogP contribution in [0.15, 0.2) is 0 Å². The summed E-state index contributed by atoms with van der Waals surface area (Å²) in [6, 6.07) is 0. The molecule has 41 valence electrons. The van der Waals surface area contributed by atoms with E-state index in [1.807, 2.05) is 0 Å². The van der Waals surface area contributed by atoms with Gasteiger partial charge < -0.3 is 47.0 Å². The molecule has 0 bridgehead atoms. The van der Waals surface area contributed by atoms with Crippen molar-refractivity contribution in [3.05, 3.63) is 0 Å². The van der Waals surface area contributed by atoms with Crippen molar-refractivity contribution < 1.29 is 0 Å². The molecule has 9 N–H and O–H groups in total. The molecular formula is H9AlB3N4. The minimum absolute atomic E-state index is 0. The summed E-state index contributed by atoms with van der Waals surface area (Å²) in [6.07, 6.45) is 0. The second-order valence-corrected chi connectivity index (χ2v) is 0. The fourth-order valence-electron chi connectivity index (χ4n) is 0. The summed E-state index contributed by atoms with van der Waals surface area (Å²) < 4.78 is 0. The third kappa shape index (κ3) is 633. The van der Waals surface area contributed by atoms with E-state index in [4.69, 9.17) is 0 Å². The van der Waals surface area contributed by atoms with Crippen LogP contribution in [0.25, 0.3) is 0 Å². The standard InChI is InChI=1S/Al.3BH2N.H3N/c;3*1-2;/h;3*2H2;1H3/q+3;3*-1;. The summed E-state index contributed by atoms with van der Waals surface area (Å²) in [6.45, 7) is 0. The van der Waals surface area contributed by atoms with Crippen molar-refractivity contribution in [3.8, 4) is 0 Å². The molecule has 0 atom stereocenters. The van der Waals surface area contributed by atoms with Crippen molar-refractivity contribution in [1.29, 1.82) is 0 Å². The zero-order valence-electron chi connectivity index (χ0n) is 4.75. The summed E-state index contributed by atoms with van der Waals surface area (Å²) >= 11 is 0. The smallest absolute Gasteiger partial charge is 0.605 e. The van der Waals surface area contributed by atoms with Crippen LogP contribution in [-0.4, -0.2) is 41.3 Å². The Kier molecular flexibility index (Phi) is 4890. The van der Waals surface area contributed by atoms with Gasteiger partial charge in [-0.25, -0.2) is 0 Å². The minimum atomic E-state index is 0. The predicted molar refractivity (Wildman–Crippen MR) is 40.6 cm³/mol. The van der Waals surface area contributed by atoms with Gasteiger partial charge in [0.15, 0.2) is 0 Å². The average molecular weight is 125 g/mol. The Balaban J connectivity index is -0.00000000500. The maximum absolute atomic E-state index is 4.00. The molecule has 0 unspecified atom stereocenters. The molecule has 4 nitrogen and oxygen atoms in total. The second-order valence-electron chi connectivity index (χ2n) is 0. The van der Waals surface area contributed by atoms with Gasteiger partial charge in [0, 0.05) is 0 Å². The van der Waals surface area contributed by atoms with Gasteiger partial charge in [-0.15, -0.1) is 0 Å². The molecule has 0 saturated carbocycles. The topological polar surface area (TPSA) is 113 Å². The van der Waals surface area contributed by atoms with Crippen molar-refractivity contribution >= 4 is 41.3 Å². The zero-order chi connectivity index (χ0) is 6.00. The Labute approximate surface area is 64.9 Å². The van der Waals surface area contributed by atoms with Crippen LogP contribution in [0.3, 0.4) is 0 Å². The van der Waals surface area contributed by atoms with Gasteiger partial charge >= 0.3 is 17.4 Å². The molecule has 8 heavy (non-hydrogen) atoms. The Hall–Kier alpha value is 0.567. The largest absolute Gasteiger partial charge is 3.00 e. The Morgan fingerprint density at radius 1 is 0.625 bits per heavy atom. The third-order valence-corrected chi connectivity index (χ3v) is 0. The van der Waals surface area contributed by atoms with Crippen molar-refractivity contribution in [2.75, 3.05) is 0 Å². The zero-order valence-corrected chi connectivity index (χ0v) is 5.90. The first-order valence-electron chi connectivity index (χ1n) is 1.00. The van der Waals surface area contributed by atoms with E-state index in [2.05, 4.69) is 40.9 Å². The summed E-state index contributed by atoms with van der Waals surface area (Å²) in [5, 5.41) is 0. The molecule has 0 aliphatic carbocycles. The molecule has 9 radical (unpaired) electrons. The van der Waals surface area contributed by atoms with Gasteiger partial charge in [-0.05, 0) is 0 Å². The monoisotopic (exact) mass is 125 g/mol. The van der Waals surface area contributed by atoms with E-state index in [0.717, 1.165) is 0 Å². The van der Waals surface area contributed by atoms with Crippen molar-refractivity contribution in [2.45, 2.75) is 0 Å². The average Bonchev–Trinajstić information content (AvgIpc) is 1.81. The number of rotatable bonds is 0. The van der Waals surface area contributed by atoms with Crippen LogP contribution in [-0.2, 0) is 0 Å². The molecule has 0 aromatic carbocycles. The first kappa shape index (κ1) is 38.6. The minimum Gasteiger partial charge on any atom is -0.605 e. The quantitative estimate of drug-likeness (QED) is 0.256. The van der Waals surface area contributed by atoms with Gasteiger partial charge in [0.25, 0.3) is 0 Å². The second kappa shape index (κ2) is 1010. The van der Waals surface area contributed by atoms with Gasteiger partial charge in [0.1, 0.15) is 0 Å². The van der Waals surface area contributed by atoms with E-state index in [1.165, 1.54) is 0 Å². The Morgan fingerprint density at radius 3 is 0.625 bits per heavy atom. The van der Waals surface area contributed by atoms with Crippen LogP contribution in [0, 0.1) is 0 Å². The van der Waals surface area contributed by atoms with Gasteiger partial charge in [0.2, 0.25) is 0 Å². The first-order chi connectivity index (χ1) is 3.00. The van der Waals surface area contributed by atoms with E-state index in [1.54, 1.807) is 0 Å². The predicted octanol–water partition coefficient (Wildman–Crippen LogP) is -3.13. The van der Waals surface area contributed by atoms with Gasteiger partial charge in [-0.3, -0.25) is 0 Å². The molecular weight excluding hydrogens is 115 g/mol. The number of nitrogens with two attached hydrogens (primary N) is 3. The molecule has 0 rings (SSSR count). The normalized spacial score (nSPS) is 2.25. The number of hydrogen-bond donors (Lipinski definition) is 4. The van der Waals surface area contributed by atoms with Crippen LogP contribution in [0.4, 0.5) is 0 Å². The molecule has 0 aliphatic heterocycles. The van der Waals surface area contributed by atoms with E-state index < -0.39 is 0 Å². The van der Waals surface area contributed by atoms with Gasteiger partial charge in [-0.2, -0.15) is 0 Å². The summed E-state index contributed by atoms with van der Waals surface area (Å²) in [5.41, 5.74) is 12.0. The Bertz CT molecular complexity index is 11.2. The van der Waals surface area contributed by atoms with E-state index >= 15 is 0 Å². The van der Waals surface area contributed by atoms with Crippen LogP contribution in [0.5, 0.6) is 0 Å². The number of hydrogen-bond acceptors (Lipinski definition) is 4. The fourth-order valence-corrected chi connectivity index (χ4v) is 0. The van der Waals surface area contributed by atoms with E-state index in [0.29, 0.717) is 0 Å². The maximum Gasteiger partial charge on any atom is 3.00 e. The summed E-state index contributed by atoms with van der Waals surface area (Å²) in [7, 11) is 12.0. The third-order valence-electron chi connectivity index (χ3n) is 0. The molecule has 0 fully saturated rings. The maximum atomic E-state index is 4.00. The molecule has 0 aliphatic rings. The SMILES string of the molecule is N.[Al+3].[B-]N.[B-]N.[B-]N.